The fourth-order valence-electron chi connectivity index (χ4n) is 3.15. The number of terminal acetylenes is 1. The van der Waals surface area contributed by atoms with Gasteiger partial charge in [-0.05, 0) is 33.3 Å². The predicted octanol–water partition coefficient (Wildman–Crippen LogP) is 2.96. The summed E-state index contributed by atoms with van der Waals surface area (Å²) in [5.41, 5.74) is 1.49. The van der Waals surface area contributed by atoms with Crippen molar-refractivity contribution in [1.82, 2.24) is 5.32 Å². The number of nitrogens with one attached hydrogen (secondary N) is 1. The van der Waals surface area contributed by atoms with Gasteiger partial charge >= 0.3 is 11.9 Å². The topological polar surface area (TPSA) is 108 Å². The quantitative estimate of drug-likeness (QED) is 0.340. The second-order valence-corrected chi connectivity index (χ2v) is 6.72. The fraction of sp³-hybridized carbons (Fsp3) is 0.333. The molecule has 0 fully saturated rings. The lowest BCUT2D eigenvalue weighted by Crippen LogP contribution is -2.33. The van der Waals surface area contributed by atoms with Gasteiger partial charge in [0.05, 0.1) is 28.1 Å². The molecule has 8 heteroatoms. The van der Waals surface area contributed by atoms with Crippen LogP contribution in [0.5, 0.6) is 0 Å². The van der Waals surface area contributed by atoms with Crippen molar-refractivity contribution < 1.29 is 24.0 Å². The monoisotopic (exact) mass is 398 g/mol. The number of non-ortho nitro benzene ring substituents is 1. The molecule has 0 aliphatic carbocycles. The first-order valence-electron chi connectivity index (χ1n) is 8.91. The second-order valence-electron chi connectivity index (χ2n) is 6.72. The first-order valence-corrected chi connectivity index (χ1v) is 8.91. The first kappa shape index (κ1) is 21.7. The van der Waals surface area contributed by atoms with E-state index in [1.807, 2.05) is 0 Å². The van der Waals surface area contributed by atoms with Crippen molar-refractivity contribution in [3.63, 3.8) is 0 Å². The number of nitro benzene ring substituents is 1. The highest BCUT2D eigenvalue weighted by molar-refractivity contribution is 6.00. The predicted molar refractivity (Wildman–Crippen MR) is 105 cm³/mol. The average Bonchev–Trinajstić information content (AvgIpc) is 2.64. The van der Waals surface area contributed by atoms with Gasteiger partial charge in [0.1, 0.15) is 0 Å². The third-order valence-corrected chi connectivity index (χ3v) is 4.24. The number of hydrogen-bond donors (Lipinski definition) is 1. The Morgan fingerprint density at radius 1 is 1.24 bits per heavy atom. The van der Waals surface area contributed by atoms with Crippen LogP contribution in [0.3, 0.4) is 0 Å². The van der Waals surface area contributed by atoms with Crippen LogP contribution in [0.15, 0.2) is 46.8 Å². The number of ether oxygens (including phenoxy) is 2. The van der Waals surface area contributed by atoms with Gasteiger partial charge in [0.15, 0.2) is 6.61 Å². The summed E-state index contributed by atoms with van der Waals surface area (Å²) in [6.45, 7) is 6.50. The Bertz CT molecular complexity index is 952. The van der Waals surface area contributed by atoms with E-state index in [9.17, 15) is 19.7 Å². The summed E-state index contributed by atoms with van der Waals surface area (Å²) in [5, 5.41) is 14.2. The number of hydrogen-bond acceptors (Lipinski definition) is 7. The van der Waals surface area contributed by atoms with Crippen LogP contribution in [-0.4, -0.2) is 29.6 Å². The summed E-state index contributed by atoms with van der Waals surface area (Å²) in [6.07, 6.45) is 4.78. The summed E-state index contributed by atoms with van der Waals surface area (Å²) in [6, 6.07) is 5.77. The van der Waals surface area contributed by atoms with Gasteiger partial charge in [-0.25, -0.2) is 9.59 Å². The van der Waals surface area contributed by atoms with E-state index < -0.39 is 28.9 Å². The number of carbonyl (C=O) groups is 2. The Morgan fingerprint density at radius 2 is 1.86 bits per heavy atom. The van der Waals surface area contributed by atoms with E-state index in [4.69, 9.17) is 15.9 Å². The lowest BCUT2D eigenvalue weighted by molar-refractivity contribution is -0.384. The average molecular weight is 398 g/mol. The minimum atomic E-state index is -0.910. The largest absolute Gasteiger partial charge is 0.460 e. The Balaban J connectivity index is 2.67. The van der Waals surface area contributed by atoms with Gasteiger partial charge < -0.3 is 14.8 Å². The third kappa shape index (κ3) is 4.82. The lowest BCUT2D eigenvalue weighted by Gasteiger charge is -2.30. The summed E-state index contributed by atoms with van der Waals surface area (Å²) < 4.78 is 10.4. The summed E-state index contributed by atoms with van der Waals surface area (Å²) in [4.78, 5) is 36.3. The van der Waals surface area contributed by atoms with Crippen LogP contribution in [0.25, 0.3) is 0 Å². The maximum Gasteiger partial charge on any atom is 0.337 e. The molecule has 0 aromatic heterocycles. The van der Waals surface area contributed by atoms with Crippen molar-refractivity contribution in [2.75, 3.05) is 6.61 Å². The van der Waals surface area contributed by atoms with E-state index in [0.29, 0.717) is 17.0 Å². The van der Waals surface area contributed by atoms with Crippen LogP contribution in [-0.2, 0) is 19.1 Å². The standard InChI is InChI=1S/C21H22N2O6/c1-6-10-28-20(24)17-13(4)22-14(5)18(21(25)29-12(2)3)19(17)15-8-7-9-16(11-15)23(26)27/h1,7-9,11-12,19,22H,10H2,2-5H3. The Kier molecular flexibility index (Phi) is 6.78. The van der Waals surface area contributed by atoms with Crippen molar-refractivity contribution in [3.8, 4) is 12.3 Å². The number of nitrogens with zero attached hydrogens (tertiary/aromatic N) is 1. The molecule has 2 rings (SSSR count). The van der Waals surface area contributed by atoms with Gasteiger partial charge in [-0.1, -0.05) is 18.1 Å². The van der Waals surface area contributed by atoms with E-state index >= 15 is 0 Å². The number of carbonyl (C=O) groups excluding carboxylic acids is 2. The smallest absolute Gasteiger partial charge is 0.337 e. The van der Waals surface area contributed by atoms with Gasteiger partial charge in [0.25, 0.3) is 5.69 Å². The van der Waals surface area contributed by atoms with Crippen LogP contribution >= 0.6 is 0 Å². The number of allylic oxidation sites excluding steroid dienone is 2. The molecule has 0 bridgehead atoms. The molecular formula is C21H22N2O6. The molecule has 0 amide bonds. The van der Waals surface area contributed by atoms with E-state index in [0.717, 1.165) is 0 Å². The molecule has 1 aromatic carbocycles. The molecule has 1 atom stereocenters. The van der Waals surface area contributed by atoms with Gasteiger partial charge in [-0.2, -0.15) is 0 Å². The molecule has 29 heavy (non-hydrogen) atoms. The van der Waals surface area contributed by atoms with Crippen LogP contribution in [0, 0.1) is 22.5 Å². The number of esters is 2. The molecule has 1 N–H and O–H groups in total. The number of rotatable bonds is 6. The highest BCUT2D eigenvalue weighted by Gasteiger charge is 2.38. The van der Waals surface area contributed by atoms with Crippen LogP contribution in [0.1, 0.15) is 39.2 Å². The summed E-state index contributed by atoms with van der Waals surface area (Å²) in [7, 11) is 0. The highest BCUT2D eigenvalue weighted by atomic mass is 16.6. The van der Waals surface area contributed by atoms with Crippen LogP contribution in [0.4, 0.5) is 5.69 Å². The molecule has 0 saturated heterocycles. The van der Waals surface area contributed by atoms with E-state index in [2.05, 4.69) is 11.2 Å². The molecular weight excluding hydrogens is 376 g/mol. The molecule has 1 aliphatic heterocycles. The molecule has 1 aliphatic rings. The molecule has 1 unspecified atom stereocenters. The second kappa shape index (κ2) is 9.06. The fourth-order valence-corrected chi connectivity index (χ4v) is 3.15. The molecule has 1 aromatic rings. The normalized spacial score (nSPS) is 16.2. The van der Waals surface area contributed by atoms with Crippen molar-refractivity contribution in [2.45, 2.75) is 39.7 Å². The molecule has 152 valence electrons. The van der Waals surface area contributed by atoms with E-state index in [-0.39, 0.29) is 23.4 Å². The Labute approximate surface area is 168 Å². The maximum absolute atomic E-state index is 12.8. The summed E-state index contributed by atoms with van der Waals surface area (Å²) >= 11 is 0. The molecule has 0 radical (unpaired) electrons. The SMILES string of the molecule is C#CCOC(=O)C1=C(C)NC(C)=C(C(=O)OC(C)C)C1c1cccc([N+](=O)[O-])c1. The molecule has 0 saturated carbocycles. The van der Waals surface area contributed by atoms with Crippen molar-refractivity contribution >= 4 is 17.6 Å². The molecule has 0 spiro atoms. The van der Waals surface area contributed by atoms with Crippen LogP contribution in [0.2, 0.25) is 0 Å². The van der Waals surface area contributed by atoms with Gasteiger partial charge in [0, 0.05) is 23.5 Å². The number of nitro groups is 1. The molecule has 1 heterocycles. The third-order valence-electron chi connectivity index (χ3n) is 4.24. The summed E-state index contributed by atoms with van der Waals surface area (Å²) in [5.74, 6) is -0.0329. The Hall–Kier alpha value is -3.60. The van der Waals surface area contributed by atoms with E-state index in [1.165, 1.54) is 18.2 Å². The van der Waals surface area contributed by atoms with Crippen molar-refractivity contribution in [1.29, 1.82) is 0 Å². The van der Waals surface area contributed by atoms with Crippen molar-refractivity contribution in [2.24, 2.45) is 0 Å². The number of dihydropyridines is 1. The Morgan fingerprint density at radius 3 is 2.41 bits per heavy atom. The number of benzene rings is 1. The zero-order chi connectivity index (χ0) is 21.7. The minimum absolute atomic E-state index is 0.141. The lowest BCUT2D eigenvalue weighted by atomic mass is 9.80. The van der Waals surface area contributed by atoms with Gasteiger partial charge in [-0.3, -0.25) is 10.1 Å². The zero-order valence-electron chi connectivity index (χ0n) is 16.6. The highest BCUT2D eigenvalue weighted by Crippen LogP contribution is 2.40. The first-order chi connectivity index (χ1) is 13.7. The van der Waals surface area contributed by atoms with Crippen LogP contribution < -0.4 is 5.32 Å². The van der Waals surface area contributed by atoms with E-state index in [1.54, 1.807) is 33.8 Å². The zero-order valence-corrected chi connectivity index (χ0v) is 16.6. The minimum Gasteiger partial charge on any atom is -0.460 e. The van der Waals surface area contributed by atoms with Crippen molar-refractivity contribution in [3.05, 3.63) is 62.5 Å². The maximum atomic E-state index is 12.8. The van der Waals surface area contributed by atoms with Gasteiger partial charge in [0.2, 0.25) is 0 Å². The van der Waals surface area contributed by atoms with Gasteiger partial charge in [-0.15, -0.1) is 6.42 Å². The molecule has 8 nitrogen and oxygen atoms in total.